The molecule has 7 heteroatoms. The number of carbonyl (C=O) groups excluding carboxylic acids is 2. The van der Waals surface area contributed by atoms with Crippen molar-refractivity contribution in [3.63, 3.8) is 0 Å². The van der Waals surface area contributed by atoms with E-state index >= 15 is 0 Å². The quantitative estimate of drug-likeness (QED) is 0.831. The van der Waals surface area contributed by atoms with Gasteiger partial charge >= 0.3 is 0 Å². The van der Waals surface area contributed by atoms with Gasteiger partial charge in [-0.3, -0.25) is 9.59 Å². The van der Waals surface area contributed by atoms with Crippen LogP contribution in [0.3, 0.4) is 0 Å². The van der Waals surface area contributed by atoms with Crippen LogP contribution in [0.15, 0.2) is 5.38 Å². The highest BCUT2D eigenvalue weighted by Gasteiger charge is 2.30. The van der Waals surface area contributed by atoms with E-state index in [9.17, 15) is 9.59 Å². The van der Waals surface area contributed by atoms with E-state index in [1.807, 2.05) is 5.38 Å². The van der Waals surface area contributed by atoms with Gasteiger partial charge in [0.25, 0.3) is 0 Å². The number of rotatable bonds is 6. The number of hydrogen-bond donors (Lipinski definition) is 2. The van der Waals surface area contributed by atoms with E-state index in [-0.39, 0.29) is 30.3 Å². The fourth-order valence-electron chi connectivity index (χ4n) is 2.26. The Kier molecular flexibility index (Phi) is 4.50. The Morgan fingerprint density at radius 1 is 1.38 bits per heavy atom. The second-order valence-electron chi connectivity index (χ2n) is 5.52. The van der Waals surface area contributed by atoms with Gasteiger partial charge in [-0.2, -0.15) is 0 Å². The van der Waals surface area contributed by atoms with Crippen molar-refractivity contribution in [1.82, 2.24) is 10.3 Å². The normalized spacial score (nSPS) is 21.2. The average molecular weight is 309 g/mol. The zero-order chi connectivity index (χ0) is 14.7. The second kappa shape index (κ2) is 6.53. The summed E-state index contributed by atoms with van der Waals surface area (Å²) < 4.78 is 5.45. The smallest absolute Gasteiger partial charge is 0.229 e. The van der Waals surface area contributed by atoms with Crippen LogP contribution >= 0.6 is 11.3 Å². The first-order valence-corrected chi connectivity index (χ1v) is 8.22. The maximum atomic E-state index is 11.8. The summed E-state index contributed by atoms with van der Waals surface area (Å²) in [5.74, 6) is 0.140. The summed E-state index contributed by atoms with van der Waals surface area (Å²) in [6.07, 6.45) is 4.40. The van der Waals surface area contributed by atoms with Gasteiger partial charge in [0, 0.05) is 24.4 Å². The first-order valence-electron chi connectivity index (χ1n) is 7.34. The molecule has 0 bridgehead atoms. The van der Waals surface area contributed by atoms with Crippen LogP contribution in [0.25, 0.3) is 0 Å². The van der Waals surface area contributed by atoms with Gasteiger partial charge < -0.3 is 15.4 Å². The maximum Gasteiger partial charge on any atom is 0.229 e. The van der Waals surface area contributed by atoms with Gasteiger partial charge in [0.05, 0.1) is 18.2 Å². The Morgan fingerprint density at radius 3 is 2.95 bits per heavy atom. The molecule has 3 rings (SSSR count). The summed E-state index contributed by atoms with van der Waals surface area (Å²) in [7, 11) is 0. The van der Waals surface area contributed by atoms with Gasteiger partial charge in [-0.15, -0.1) is 11.3 Å². The first-order chi connectivity index (χ1) is 10.2. The lowest BCUT2D eigenvalue weighted by Gasteiger charge is -2.09. The molecular weight excluding hydrogens is 290 g/mol. The summed E-state index contributed by atoms with van der Waals surface area (Å²) >= 11 is 1.36. The third-order valence-electron chi connectivity index (χ3n) is 3.62. The van der Waals surface area contributed by atoms with Crippen molar-refractivity contribution < 1.29 is 14.3 Å². The highest BCUT2D eigenvalue weighted by molar-refractivity contribution is 7.13. The Morgan fingerprint density at radius 2 is 2.24 bits per heavy atom. The van der Waals surface area contributed by atoms with Crippen molar-refractivity contribution in [2.24, 2.45) is 5.92 Å². The molecule has 1 aromatic heterocycles. The number of aromatic nitrogens is 1. The van der Waals surface area contributed by atoms with Gasteiger partial charge in [-0.25, -0.2) is 4.98 Å². The van der Waals surface area contributed by atoms with E-state index in [1.54, 1.807) is 0 Å². The van der Waals surface area contributed by atoms with E-state index in [1.165, 1.54) is 11.3 Å². The van der Waals surface area contributed by atoms with Gasteiger partial charge in [0.2, 0.25) is 11.8 Å². The molecule has 2 N–H and O–H groups in total. The van der Waals surface area contributed by atoms with Crippen molar-refractivity contribution in [2.75, 3.05) is 18.5 Å². The van der Waals surface area contributed by atoms with Crippen LogP contribution in [0, 0.1) is 5.92 Å². The van der Waals surface area contributed by atoms with E-state index in [2.05, 4.69) is 15.6 Å². The SMILES string of the molecule is O=C(Cc1csc(NC(=O)C2CC2)n1)NCC1CCCO1. The molecule has 21 heavy (non-hydrogen) atoms. The van der Waals surface area contributed by atoms with Crippen molar-refractivity contribution in [1.29, 1.82) is 0 Å². The molecule has 1 saturated heterocycles. The van der Waals surface area contributed by atoms with Crippen molar-refractivity contribution in [3.05, 3.63) is 11.1 Å². The summed E-state index contributed by atoms with van der Waals surface area (Å²) in [6, 6.07) is 0. The van der Waals surface area contributed by atoms with Gasteiger partial charge in [-0.05, 0) is 25.7 Å². The summed E-state index contributed by atoms with van der Waals surface area (Å²) in [6.45, 7) is 1.35. The minimum absolute atomic E-state index is 0.0405. The lowest BCUT2D eigenvalue weighted by Crippen LogP contribution is -2.32. The number of thiazole rings is 1. The number of nitrogens with zero attached hydrogens (tertiary/aromatic N) is 1. The molecule has 0 spiro atoms. The Hall–Kier alpha value is -1.47. The fraction of sp³-hybridized carbons (Fsp3) is 0.643. The van der Waals surface area contributed by atoms with Crippen LogP contribution in [0.5, 0.6) is 0 Å². The summed E-state index contributed by atoms with van der Waals surface area (Å²) in [5, 5.41) is 8.05. The number of anilines is 1. The molecule has 1 aromatic rings. The molecule has 6 nitrogen and oxygen atoms in total. The van der Waals surface area contributed by atoms with E-state index < -0.39 is 0 Å². The van der Waals surface area contributed by atoms with Gasteiger partial charge in [-0.1, -0.05) is 0 Å². The third-order valence-corrected chi connectivity index (χ3v) is 4.43. The minimum Gasteiger partial charge on any atom is -0.376 e. The topological polar surface area (TPSA) is 80.3 Å². The molecular formula is C14H19N3O3S. The molecule has 114 valence electrons. The first kappa shape index (κ1) is 14.5. The molecule has 2 fully saturated rings. The molecule has 1 unspecified atom stereocenters. The van der Waals surface area contributed by atoms with Crippen LogP contribution in [-0.4, -0.2) is 36.1 Å². The van der Waals surface area contributed by atoms with Crippen LogP contribution < -0.4 is 10.6 Å². The molecule has 2 amide bonds. The Bertz CT molecular complexity index is 521. The molecule has 1 saturated carbocycles. The zero-order valence-electron chi connectivity index (χ0n) is 11.8. The monoisotopic (exact) mass is 309 g/mol. The predicted octanol–water partition coefficient (Wildman–Crippen LogP) is 1.33. The van der Waals surface area contributed by atoms with Crippen molar-refractivity contribution in [2.45, 2.75) is 38.2 Å². The molecule has 0 aromatic carbocycles. The molecule has 2 heterocycles. The highest BCUT2D eigenvalue weighted by atomic mass is 32.1. The third kappa shape index (κ3) is 4.25. The second-order valence-corrected chi connectivity index (χ2v) is 6.38. The Labute approximate surface area is 127 Å². The van der Waals surface area contributed by atoms with E-state index in [4.69, 9.17) is 4.74 Å². The lowest BCUT2D eigenvalue weighted by molar-refractivity contribution is -0.121. The molecule has 1 atom stereocenters. The number of carbonyl (C=O) groups is 2. The van der Waals surface area contributed by atoms with Crippen molar-refractivity contribution in [3.8, 4) is 0 Å². The molecule has 0 radical (unpaired) electrons. The summed E-state index contributed by atoms with van der Waals surface area (Å²) in [5.41, 5.74) is 0.691. The van der Waals surface area contributed by atoms with Gasteiger partial charge in [0.1, 0.15) is 0 Å². The largest absolute Gasteiger partial charge is 0.376 e. The van der Waals surface area contributed by atoms with E-state index in [0.717, 1.165) is 32.3 Å². The van der Waals surface area contributed by atoms with Crippen LogP contribution in [0.4, 0.5) is 5.13 Å². The number of ether oxygens (including phenoxy) is 1. The van der Waals surface area contributed by atoms with Crippen LogP contribution in [0.2, 0.25) is 0 Å². The number of hydrogen-bond acceptors (Lipinski definition) is 5. The van der Waals surface area contributed by atoms with Crippen LogP contribution in [0.1, 0.15) is 31.4 Å². The minimum atomic E-state index is -0.0594. The van der Waals surface area contributed by atoms with Crippen molar-refractivity contribution >= 4 is 28.3 Å². The zero-order valence-corrected chi connectivity index (χ0v) is 12.6. The summed E-state index contributed by atoms with van der Waals surface area (Å²) in [4.78, 5) is 27.7. The Balaban J connectivity index is 1.42. The standard InChI is InChI=1S/C14H19N3O3S/c18-12(15-7-11-2-1-5-20-11)6-10-8-21-14(16-10)17-13(19)9-3-4-9/h8-9,11H,1-7H2,(H,15,18)(H,16,17,19). The maximum absolute atomic E-state index is 11.8. The molecule has 1 aliphatic heterocycles. The fourth-order valence-corrected chi connectivity index (χ4v) is 2.97. The average Bonchev–Trinajstić information content (AvgIpc) is 3.02. The highest BCUT2D eigenvalue weighted by Crippen LogP contribution is 2.30. The number of amides is 2. The van der Waals surface area contributed by atoms with E-state index in [0.29, 0.717) is 17.4 Å². The van der Waals surface area contributed by atoms with Crippen LogP contribution in [-0.2, 0) is 20.7 Å². The van der Waals surface area contributed by atoms with Gasteiger partial charge in [0.15, 0.2) is 5.13 Å². The number of nitrogens with one attached hydrogen (secondary N) is 2. The predicted molar refractivity (Wildman–Crippen MR) is 79.2 cm³/mol. The molecule has 1 aliphatic carbocycles. The molecule has 2 aliphatic rings. The lowest BCUT2D eigenvalue weighted by atomic mass is 10.2.